The lowest BCUT2D eigenvalue weighted by Gasteiger charge is -2.25. The number of benzene rings is 1. The molecule has 4 nitrogen and oxygen atoms in total. The molecule has 1 aromatic rings. The van der Waals surface area contributed by atoms with Crippen molar-refractivity contribution in [3.63, 3.8) is 0 Å². The smallest absolute Gasteiger partial charge is 0.224 e. The van der Waals surface area contributed by atoms with Crippen molar-refractivity contribution < 1.29 is 9.90 Å². The van der Waals surface area contributed by atoms with Crippen molar-refractivity contribution in [1.82, 2.24) is 5.32 Å². The van der Waals surface area contributed by atoms with E-state index in [1.165, 1.54) is 0 Å². The van der Waals surface area contributed by atoms with Crippen molar-refractivity contribution in [3.8, 4) is 0 Å². The first-order valence-corrected chi connectivity index (χ1v) is 6.62. The predicted octanol–water partition coefficient (Wildman–Crippen LogP) is 1.72. The summed E-state index contributed by atoms with van der Waals surface area (Å²) in [6, 6.07) is 7.30. The second kappa shape index (κ2) is 6.57. The Morgan fingerprint density at radius 1 is 1.42 bits per heavy atom. The highest BCUT2D eigenvalue weighted by atomic mass is 16.3. The van der Waals surface area contributed by atoms with Crippen LogP contribution in [0.1, 0.15) is 32.8 Å². The van der Waals surface area contributed by atoms with Crippen LogP contribution in [0.15, 0.2) is 24.3 Å². The van der Waals surface area contributed by atoms with Crippen LogP contribution in [-0.2, 0) is 11.2 Å². The van der Waals surface area contributed by atoms with E-state index in [1.807, 2.05) is 32.0 Å². The zero-order valence-corrected chi connectivity index (χ0v) is 11.9. The maximum Gasteiger partial charge on any atom is 0.224 e. The van der Waals surface area contributed by atoms with Gasteiger partial charge in [-0.2, -0.15) is 0 Å². The molecule has 0 fully saturated rings. The van der Waals surface area contributed by atoms with E-state index in [-0.39, 0.29) is 18.9 Å². The summed E-state index contributed by atoms with van der Waals surface area (Å²) in [5, 5.41) is 12.9. The highest BCUT2D eigenvalue weighted by Crippen LogP contribution is 2.15. The Kier molecular flexibility index (Phi) is 5.36. The molecule has 0 spiro atoms. The van der Waals surface area contributed by atoms with Gasteiger partial charge in [-0.05, 0) is 30.9 Å². The van der Waals surface area contributed by atoms with Crippen molar-refractivity contribution in [1.29, 1.82) is 0 Å². The molecule has 1 aromatic carbocycles. The molecule has 0 heterocycles. The number of anilines is 1. The molecule has 0 radical (unpaired) electrons. The molecule has 0 aliphatic carbocycles. The van der Waals surface area contributed by atoms with Crippen molar-refractivity contribution in [3.05, 3.63) is 29.8 Å². The predicted molar refractivity (Wildman–Crippen MR) is 77.6 cm³/mol. The number of carbonyl (C=O) groups is 1. The zero-order valence-electron chi connectivity index (χ0n) is 11.9. The molecule has 1 rings (SSSR count). The van der Waals surface area contributed by atoms with E-state index in [9.17, 15) is 9.90 Å². The van der Waals surface area contributed by atoms with E-state index >= 15 is 0 Å². The number of nitrogens with one attached hydrogen (secondary N) is 1. The molecule has 0 aliphatic heterocycles. The summed E-state index contributed by atoms with van der Waals surface area (Å²) in [4.78, 5) is 11.8. The molecule has 19 heavy (non-hydrogen) atoms. The number of hydrogen-bond acceptors (Lipinski definition) is 3. The fourth-order valence-electron chi connectivity index (χ4n) is 2.17. The number of carbonyl (C=O) groups excluding carboxylic acids is 1. The molecule has 0 aliphatic rings. The fraction of sp³-hybridized carbons (Fsp3) is 0.533. The fourth-order valence-corrected chi connectivity index (χ4v) is 2.17. The topological polar surface area (TPSA) is 75.3 Å². The maximum atomic E-state index is 11.8. The molecule has 0 saturated heterocycles. The van der Waals surface area contributed by atoms with Gasteiger partial charge in [0.1, 0.15) is 0 Å². The Hall–Kier alpha value is -1.55. The van der Waals surface area contributed by atoms with Crippen LogP contribution in [0.4, 0.5) is 5.69 Å². The first-order chi connectivity index (χ1) is 8.80. The lowest BCUT2D eigenvalue weighted by Crippen LogP contribution is -2.42. The standard InChI is InChI=1S/C15H24N2O2/c1-11(2)9-15(3,19)10-17-14(18)8-12-6-4-5-7-13(12)16/h4-7,11,19H,8-10,16H2,1-3H3,(H,17,18). The van der Waals surface area contributed by atoms with Crippen LogP contribution in [0.2, 0.25) is 0 Å². The van der Waals surface area contributed by atoms with E-state index < -0.39 is 5.60 Å². The minimum Gasteiger partial charge on any atom is -0.398 e. The first kappa shape index (κ1) is 15.5. The van der Waals surface area contributed by atoms with E-state index in [0.717, 1.165) is 5.56 Å². The molecule has 0 bridgehead atoms. The number of amides is 1. The molecule has 4 heteroatoms. The quantitative estimate of drug-likeness (QED) is 0.685. The SMILES string of the molecule is CC(C)CC(C)(O)CNC(=O)Cc1ccccc1N. The number of para-hydroxylation sites is 1. The Balaban J connectivity index is 2.46. The van der Waals surface area contributed by atoms with Crippen molar-refractivity contribution in [2.45, 2.75) is 39.2 Å². The van der Waals surface area contributed by atoms with Gasteiger partial charge in [-0.25, -0.2) is 0 Å². The second-order valence-electron chi connectivity index (χ2n) is 5.75. The molecule has 0 saturated carbocycles. The van der Waals surface area contributed by atoms with Gasteiger partial charge in [0.25, 0.3) is 0 Å². The molecule has 4 N–H and O–H groups in total. The molecule has 106 valence electrons. The average Bonchev–Trinajstić information content (AvgIpc) is 2.28. The highest BCUT2D eigenvalue weighted by Gasteiger charge is 2.22. The summed E-state index contributed by atoms with van der Waals surface area (Å²) in [5.74, 6) is 0.263. The highest BCUT2D eigenvalue weighted by molar-refractivity contribution is 5.80. The van der Waals surface area contributed by atoms with Crippen molar-refractivity contribution in [2.75, 3.05) is 12.3 Å². The van der Waals surface area contributed by atoms with Crippen molar-refractivity contribution in [2.24, 2.45) is 5.92 Å². The molecular formula is C15H24N2O2. The normalized spacial score (nSPS) is 14.2. The van der Waals surface area contributed by atoms with Crippen LogP contribution >= 0.6 is 0 Å². The Bertz CT molecular complexity index is 428. The van der Waals surface area contributed by atoms with Crippen LogP contribution in [-0.4, -0.2) is 23.2 Å². The molecule has 1 atom stereocenters. The van der Waals surface area contributed by atoms with Gasteiger partial charge in [-0.1, -0.05) is 32.0 Å². The van der Waals surface area contributed by atoms with Crippen LogP contribution in [0.5, 0.6) is 0 Å². The van der Waals surface area contributed by atoms with Gasteiger partial charge in [0, 0.05) is 12.2 Å². The van der Waals surface area contributed by atoms with E-state index in [2.05, 4.69) is 5.32 Å². The summed E-state index contributed by atoms with van der Waals surface area (Å²) < 4.78 is 0. The summed E-state index contributed by atoms with van der Waals surface area (Å²) in [5.41, 5.74) is 6.34. The zero-order chi connectivity index (χ0) is 14.5. The third kappa shape index (κ3) is 5.75. The van der Waals surface area contributed by atoms with Crippen LogP contribution < -0.4 is 11.1 Å². The number of rotatable bonds is 6. The third-order valence-electron chi connectivity index (χ3n) is 2.92. The van der Waals surface area contributed by atoms with Crippen LogP contribution in [0.3, 0.4) is 0 Å². The van der Waals surface area contributed by atoms with Gasteiger partial charge in [0.15, 0.2) is 0 Å². The second-order valence-corrected chi connectivity index (χ2v) is 5.75. The largest absolute Gasteiger partial charge is 0.398 e. The van der Waals surface area contributed by atoms with Crippen LogP contribution in [0.25, 0.3) is 0 Å². The van der Waals surface area contributed by atoms with Gasteiger partial charge >= 0.3 is 0 Å². The molecular weight excluding hydrogens is 240 g/mol. The van der Waals surface area contributed by atoms with E-state index in [0.29, 0.717) is 18.0 Å². The van der Waals surface area contributed by atoms with E-state index in [1.54, 1.807) is 13.0 Å². The first-order valence-electron chi connectivity index (χ1n) is 6.62. The summed E-state index contributed by atoms with van der Waals surface area (Å²) in [6.07, 6.45) is 0.894. The maximum absolute atomic E-state index is 11.8. The number of aliphatic hydroxyl groups is 1. The minimum atomic E-state index is -0.869. The Morgan fingerprint density at radius 3 is 2.63 bits per heavy atom. The Labute approximate surface area is 115 Å². The summed E-state index contributed by atoms with van der Waals surface area (Å²) in [7, 11) is 0. The van der Waals surface area contributed by atoms with E-state index in [4.69, 9.17) is 5.73 Å². The lowest BCUT2D eigenvalue weighted by atomic mass is 9.94. The average molecular weight is 264 g/mol. The Morgan fingerprint density at radius 2 is 2.05 bits per heavy atom. The lowest BCUT2D eigenvalue weighted by molar-refractivity contribution is -0.121. The monoisotopic (exact) mass is 264 g/mol. The molecule has 1 amide bonds. The van der Waals surface area contributed by atoms with Gasteiger partial charge < -0.3 is 16.2 Å². The third-order valence-corrected chi connectivity index (χ3v) is 2.92. The molecule has 1 unspecified atom stereocenters. The van der Waals surface area contributed by atoms with Crippen molar-refractivity contribution >= 4 is 11.6 Å². The summed E-state index contributed by atoms with van der Waals surface area (Å²) >= 11 is 0. The number of nitrogen functional groups attached to an aromatic ring is 1. The minimum absolute atomic E-state index is 0.123. The number of hydrogen-bond donors (Lipinski definition) is 3. The van der Waals surface area contributed by atoms with Gasteiger partial charge in [-0.15, -0.1) is 0 Å². The summed E-state index contributed by atoms with van der Waals surface area (Å²) in [6.45, 7) is 6.09. The van der Waals surface area contributed by atoms with Gasteiger partial charge in [0.2, 0.25) is 5.91 Å². The van der Waals surface area contributed by atoms with Gasteiger partial charge in [0.05, 0.1) is 12.0 Å². The van der Waals surface area contributed by atoms with Gasteiger partial charge in [-0.3, -0.25) is 4.79 Å². The number of nitrogens with two attached hydrogens (primary N) is 1. The van der Waals surface area contributed by atoms with Crippen LogP contribution in [0, 0.1) is 5.92 Å². The molecule has 0 aromatic heterocycles.